The Kier molecular flexibility index (Phi) is 3.12. The van der Waals surface area contributed by atoms with Crippen molar-refractivity contribution in [3.8, 4) is 5.75 Å². The second-order valence-electron chi connectivity index (χ2n) is 5.21. The summed E-state index contributed by atoms with van der Waals surface area (Å²) in [6.45, 7) is 0. The fraction of sp³-hybridized carbons (Fsp3) is 0.111. The van der Waals surface area contributed by atoms with Gasteiger partial charge >= 0.3 is 5.97 Å². The minimum atomic E-state index is -0.423. The van der Waals surface area contributed by atoms with E-state index in [2.05, 4.69) is 4.99 Å². The van der Waals surface area contributed by atoms with Gasteiger partial charge in [-0.1, -0.05) is 18.2 Å². The Morgan fingerprint density at radius 1 is 1.22 bits per heavy atom. The summed E-state index contributed by atoms with van der Waals surface area (Å²) >= 11 is 0. The fourth-order valence-corrected chi connectivity index (χ4v) is 2.64. The molecule has 0 N–H and O–H groups in total. The van der Waals surface area contributed by atoms with E-state index in [0.29, 0.717) is 34.6 Å². The molecule has 0 aliphatic carbocycles. The van der Waals surface area contributed by atoms with Gasteiger partial charge in [0.15, 0.2) is 5.90 Å². The van der Waals surface area contributed by atoms with Gasteiger partial charge in [-0.05, 0) is 23.8 Å². The third kappa shape index (κ3) is 2.36. The third-order valence-corrected chi connectivity index (χ3v) is 3.77. The lowest BCUT2D eigenvalue weighted by atomic mass is 10.1. The van der Waals surface area contributed by atoms with Gasteiger partial charge in [0.25, 0.3) is 0 Å². The molecule has 1 aliphatic rings. The topological polar surface area (TPSA) is 61.0 Å². The summed E-state index contributed by atoms with van der Waals surface area (Å²) in [5.41, 5.74) is 3.06. The minimum absolute atomic E-state index is 0.402. The van der Waals surface area contributed by atoms with Gasteiger partial charge in [-0.25, -0.2) is 9.79 Å². The largest absolute Gasteiger partial charge is 0.465 e. The van der Waals surface area contributed by atoms with Crippen LogP contribution in [0.2, 0.25) is 0 Å². The van der Waals surface area contributed by atoms with Gasteiger partial charge in [0, 0.05) is 11.5 Å². The molecule has 4 rings (SSSR count). The van der Waals surface area contributed by atoms with Crippen molar-refractivity contribution in [2.45, 2.75) is 6.42 Å². The monoisotopic (exact) mass is 307 g/mol. The highest BCUT2D eigenvalue weighted by Crippen LogP contribution is 2.29. The Labute approximate surface area is 132 Å². The minimum Gasteiger partial charge on any atom is -0.465 e. The number of para-hydroxylation sites is 1. The molecule has 0 spiro atoms. The number of carbonyl (C=O) groups is 1. The summed E-state index contributed by atoms with van der Waals surface area (Å²) in [7, 11) is 1.34. The zero-order chi connectivity index (χ0) is 15.8. The maximum absolute atomic E-state index is 11.6. The first kappa shape index (κ1) is 13.6. The van der Waals surface area contributed by atoms with E-state index in [1.54, 1.807) is 18.2 Å². The lowest BCUT2D eigenvalue weighted by Gasteiger charge is -2.04. The predicted molar refractivity (Wildman–Crippen MR) is 85.4 cm³/mol. The van der Waals surface area contributed by atoms with Gasteiger partial charge in [-0.2, -0.15) is 0 Å². The number of hydrogen-bond donors (Lipinski definition) is 0. The SMILES string of the molecule is COC(=O)c1coc2cc(OC3=Nc4ccccc4C3)ccc12. The lowest BCUT2D eigenvalue weighted by Crippen LogP contribution is -2.07. The highest BCUT2D eigenvalue weighted by molar-refractivity contribution is 6.03. The highest BCUT2D eigenvalue weighted by Gasteiger charge is 2.18. The zero-order valence-electron chi connectivity index (χ0n) is 12.4. The van der Waals surface area contributed by atoms with E-state index in [-0.39, 0.29) is 0 Å². The molecule has 0 bridgehead atoms. The molecule has 0 atom stereocenters. The number of methoxy groups -OCH3 is 1. The van der Waals surface area contributed by atoms with Crippen LogP contribution in [-0.4, -0.2) is 19.0 Å². The smallest absolute Gasteiger partial charge is 0.341 e. The van der Waals surface area contributed by atoms with Crippen LogP contribution < -0.4 is 4.74 Å². The van der Waals surface area contributed by atoms with Crippen molar-refractivity contribution in [3.63, 3.8) is 0 Å². The Hall–Kier alpha value is -3.08. The van der Waals surface area contributed by atoms with Crippen molar-refractivity contribution in [2.24, 2.45) is 4.99 Å². The number of ether oxygens (including phenoxy) is 2. The molecule has 3 aromatic rings. The lowest BCUT2D eigenvalue weighted by molar-refractivity contribution is 0.0602. The van der Waals surface area contributed by atoms with Gasteiger partial charge in [0.2, 0.25) is 0 Å². The average Bonchev–Trinajstić information content (AvgIpc) is 3.16. The van der Waals surface area contributed by atoms with Crippen LogP contribution in [0, 0.1) is 0 Å². The number of benzene rings is 2. The van der Waals surface area contributed by atoms with Crippen molar-refractivity contribution in [1.82, 2.24) is 0 Å². The molecule has 0 fully saturated rings. The van der Waals surface area contributed by atoms with Crippen LogP contribution in [0.4, 0.5) is 5.69 Å². The van der Waals surface area contributed by atoms with Crippen molar-refractivity contribution in [2.75, 3.05) is 7.11 Å². The summed E-state index contributed by atoms with van der Waals surface area (Å²) < 4.78 is 16.0. The van der Waals surface area contributed by atoms with Crippen molar-refractivity contribution >= 4 is 28.5 Å². The van der Waals surface area contributed by atoms with Gasteiger partial charge in [-0.15, -0.1) is 0 Å². The first-order valence-electron chi connectivity index (χ1n) is 7.17. The van der Waals surface area contributed by atoms with Crippen LogP contribution in [0.15, 0.2) is 58.1 Å². The normalized spacial score (nSPS) is 12.8. The molecule has 0 radical (unpaired) electrons. The molecule has 5 heteroatoms. The molecule has 1 aliphatic heterocycles. The molecule has 0 saturated carbocycles. The number of nitrogens with zero attached hydrogens (tertiary/aromatic N) is 1. The number of aliphatic imine (C=N–C) groups is 1. The molecule has 0 amide bonds. The molecule has 114 valence electrons. The molecule has 2 heterocycles. The Balaban J connectivity index is 1.61. The van der Waals surface area contributed by atoms with Gasteiger partial charge in [0.1, 0.15) is 23.2 Å². The maximum atomic E-state index is 11.6. The number of furan rings is 1. The first-order chi connectivity index (χ1) is 11.2. The predicted octanol–water partition coefficient (Wildman–Crippen LogP) is 3.88. The van der Waals surface area contributed by atoms with Crippen LogP contribution in [-0.2, 0) is 11.2 Å². The molecule has 2 aromatic carbocycles. The van der Waals surface area contributed by atoms with Crippen LogP contribution in [0.5, 0.6) is 5.75 Å². The first-order valence-corrected chi connectivity index (χ1v) is 7.17. The molecule has 5 nitrogen and oxygen atoms in total. The maximum Gasteiger partial charge on any atom is 0.341 e. The van der Waals surface area contributed by atoms with Crippen molar-refractivity contribution < 1.29 is 18.7 Å². The van der Waals surface area contributed by atoms with Crippen LogP contribution in [0.25, 0.3) is 11.0 Å². The van der Waals surface area contributed by atoms with Gasteiger partial charge in [0.05, 0.1) is 19.2 Å². The average molecular weight is 307 g/mol. The quantitative estimate of drug-likeness (QED) is 0.674. The molecule has 23 heavy (non-hydrogen) atoms. The van der Waals surface area contributed by atoms with E-state index in [9.17, 15) is 4.79 Å². The number of carbonyl (C=O) groups excluding carboxylic acids is 1. The van der Waals surface area contributed by atoms with Crippen LogP contribution in [0.1, 0.15) is 15.9 Å². The van der Waals surface area contributed by atoms with Crippen molar-refractivity contribution in [3.05, 3.63) is 59.9 Å². The van der Waals surface area contributed by atoms with Crippen LogP contribution >= 0.6 is 0 Å². The number of fused-ring (bicyclic) bond motifs is 2. The van der Waals surface area contributed by atoms with Gasteiger partial charge in [-0.3, -0.25) is 0 Å². The number of rotatable bonds is 2. The zero-order valence-corrected chi connectivity index (χ0v) is 12.4. The van der Waals surface area contributed by atoms with Crippen LogP contribution in [0.3, 0.4) is 0 Å². The van der Waals surface area contributed by atoms with E-state index < -0.39 is 5.97 Å². The van der Waals surface area contributed by atoms with Gasteiger partial charge < -0.3 is 13.9 Å². The Bertz CT molecular complexity index is 939. The molecular weight excluding hydrogens is 294 g/mol. The Morgan fingerprint density at radius 3 is 2.91 bits per heavy atom. The molecule has 1 aromatic heterocycles. The summed E-state index contributed by atoms with van der Waals surface area (Å²) in [4.78, 5) is 16.1. The highest BCUT2D eigenvalue weighted by atomic mass is 16.5. The molecular formula is C18H13NO4. The van der Waals surface area contributed by atoms with Crippen molar-refractivity contribution in [1.29, 1.82) is 0 Å². The van der Waals surface area contributed by atoms with E-state index in [1.165, 1.54) is 13.4 Å². The van der Waals surface area contributed by atoms with E-state index in [0.717, 1.165) is 11.3 Å². The summed E-state index contributed by atoms with van der Waals surface area (Å²) in [5.74, 6) is 0.841. The fourth-order valence-electron chi connectivity index (χ4n) is 2.64. The summed E-state index contributed by atoms with van der Waals surface area (Å²) in [6.07, 6.45) is 2.06. The second kappa shape index (κ2) is 5.28. The third-order valence-electron chi connectivity index (χ3n) is 3.77. The standard InChI is InChI=1S/C18H13NO4/c1-21-18(20)14-10-22-16-9-12(6-7-13(14)16)23-17-8-11-4-2-3-5-15(11)19-17/h2-7,9-10H,8H2,1H3. The second-order valence-corrected chi connectivity index (χ2v) is 5.21. The summed E-state index contributed by atoms with van der Waals surface area (Å²) in [5, 5.41) is 0.695. The molecule has 0 unspecified atom stereocenters. The number of hydrogen-bond acceptors (Lipinski definition) is 5. The number of esters is 1. The van der Waals surface area contributed by atoms with E-state index in [4.69, 9.17) is 13.9 Å². The summed E-state index contributed by atoms with van der Waals surface area (Å²) in [6, 6.07) is 13.2. The van der Waals surface area contributed by atoms with E-state index >= 15 is 0 Å². The molecule has 0 saturated heterocycles. The Morgan fingerprint density at radius 2 is 2.09 bits per heavy atom. The van der Waals surface area contributed by atoms with E-state index in [1.807, 2.05) is 24.3 Å².